The first-order valence-electron chi connectivity index (χ1n) is 12.2. The van der Waals surface area contributed by atoms with Gasteiger partial charge in [0, 0.05) is 16.2 Å². The topological polar surface area (TPSA) is 78.2 Å². The van der Waals surface area contributed by atoms with E-state index in [2.05, 4.69) is 20.8 Å². The first-order valence-corrected chi connectivity index (χ1v) is 13.4. The number of rotatable bonds is 10. The minimum atomic E-state index is 0.444. The van der Waals surface area contributed by atoms with Gasteiger partial charge in [-0.15, -0.1) is 0 Å². The van der Waals surface area contributed by atoms with E-state index in [1.165, 1.54) is 0 Å². The fourth-order valence-electron chi connectivity index (χ4n) is 4.01. The Hall–Kier alpha value is -3.27. The molecule has 0 amide bonds. The average Bonchev–Trinajstić information content (AvgIpc) is 3.41. The number of aromatic nitrogens is 4. The summed E-state index contributed by atoms with van der Waals surface area (Å²) in [7, 11) is 0. The lowest BCUT2D eigenvalue weighted by atomic mass is 10.2. The summed E-state index contributed by atoms with van der Waals surface area (Å²) in [6, 6.07) is 11.4. The molecule has 4 rings (SSSR count). The van der Waals surface area contributed by atoms with Gasteiger partial charge < -0.3 is 20.1 Å². The van der Waals surface area contributed by atoms with Gasteiger partial charge in [0.15, 0.2) is 16.6 Å². The van der Waals surface area contributed by atoms with E-state index in [4.69, 9.17) is 44.9 Å². The highest BCUT2D eigenvalue weighted by molar-refractivity contribution is 7.80. The van der Waals surface area contributed by atoms with Crippen molar-refractivity contribution in [2.24, 2.45) is 0 Å². The summed E-state index contributed by atoms with van der Waals surface area (Å²) in [4.78, 5) is 0. The van der Waals surface area contributed by atoms with Crippen LogP contribution >= 0.6 is 35.4 Å². The zero-order valence-corrected chi connectivity index (χ0v) is 24.0. The zero-order valence-electron chi connectivity index (χ0n) is 21.7. The molecular weight excluding hydrogens is 543 g/mol. The third-order valence-corrected chi connectivity index (χ3v) is 6.59. The molecule has 0 aliphatic heterocycles. The Morgan fingerprint density at radius 1 is 0.974 bits per heavy atom. The predicted molar refractivity (Wildman–Crippen MR) is 157 cm³/mol. The minimum absolute atomic E-state index is 0.444. The van der Waals surface area contributed by atoms with Crippen molar-refractivity contribution in [3.63, 3.8) is 0 Å². The largest absolute Gasteiger partial charge is 0.490 e. The molecule has 2 aromatic heterocycles. The molecule has 0 unspecified atom stereocenters. The van der Waals surface area contributed by atoms with E-state index < -0.39 is 0 Å². The molecule has 0 bridgehead atoms. The normalized spacial score (nSPS) is 10.9. The molecule has 0 atom stereocenters. The van der Waals surface area contributed by atoms with Gasteiger partial charge in [0.1, 0.15) is 0 Å². The SMILES string of the molecule is CCOc1ccc(Cn2cc(NC(=S)Nc3c(C)nn(Cc4ccc(Cl)cc4Cl)c3C)cn2)cc1OCC. The Kier molecular flexibility index (Phi) is 9.14. The molecule has 0 aliphatic rings. The Morgan fingerprint density at radius 3 is 2.47 bits per heavy atom. The average molecular weight is 574 g/mol. The van der Waals surface area contributed by atoms with Gasteiger partial charge >= 0.3 is 0 Å². The number of anilines is 2. The number of aryl methyl sites for hydroxylation is 1. The first-order chi connectivity index (χ1) is 18.3. The molecule has 8 nitrogen and oxygen atoms in total. The maximum atomic E-state index is 6.36. The highest BCUT2D eigenvalue weighted by Crippen LogP contribution is 2.29. The van der Waals surface area contributed by atoms with E-state index in [-0.39, 0.29) is 0 Å². The Labute approximate surface area is 237 Å². The Morgan fingerprint density at radius 2 is 1.74 bits per heavy atom. The maximum Gasteiger partial charge on any atom is 0.175 e. The molecule has 11 heteroatoms. The quantitative estimate of drug-likeness (QED) is 0.204. The van der Waals surface area contributed by atoms with E-state index in [9.17, 15) is 0 Å². The number of hydrogen-bond acceptors (Lipinski definition) is 5. The molecule has 0 radical (unpaired) electrons. The van der Waals surface area contributed by atoms with Gasteiger partial charge in [0.25, 0.3) is 0 Å². The number of benzene rings is 2. The summed E-state index contributed by atoms with van der Waals surface area (Å²) in [5.41, 5.74) is 5.36. The molecule has 0 saturated carbocycles. The van der Waals surface area contributed by atoms with E-state index in [0.717, 1.165) is 45.4 Å². The van der Waals surface area contributed by atoms with Crippen LogP contribution in [0.15, 0.2) is 48.8 Å². The van der Waals surface area contributed by atoms with Crippen LogP contribution in [0.1, 0.15) is 36.4 Å². The molecule has 38 heavy (non-hydrogen) atoms. The van der Waals surface area contributed by atoms with Crippen LogP contribution in [0.4, 0.5) is 11.4 Å². The summed E-state index contributed by atoms with van der Waals surface area (Å²) in [6.07, 6.45) is 3.63. The van der Waals surface area contributed by atoms with Crippen LogP contribution in [-0.2, 0) is 13.1 Å². The van der Waals surface area contributed by atoms with Gasteiger partial charge in [0.2, 0.25) is 0 Å². The minimum Gasteiger partial charge on any atom is -0.490 e. The summed E-state index contributed by atoms with van der Waals surface area (Å²) in [5, 5.41) is 17.2. The monoisotopic (exact) mass is 572 g/mol. The van der Waals surface area contributed by atoms with E-state index >= 15 is 0 Å². The van der Waals surface area contributed by atoms with Gasteiger partial charge in [-0.2, -0.15) is 10.2 Å². The summed E-state index contributed by atoms with van der Waals surface area (Å²) >= 11 is 18.0. The number of ether oxygens (including phenoxy) is 2. The second kappa shape index (κ2) is 12.5. The van der Waals surface area contributed by atoms with Crippen molar-refractivity contribution in [3.8, 4) is 11.5 Å². The van der Waals surface area contributed by atoms with Gasteiger partial charge in [-0.05, 0) is 75.3 Å². The number of halogens is 2. The van der Waals surface area contributed by atoms with Crippen LogP contribution in [0.5, 0.6) is 11.5 Å². The lowest BCUT2D eigenvalue weighted by molar-refractivity contribution is 0.287. The van der Waals surface area contributed by atoms with Gasteiger partial charge in [-0.25, -0.2) is 0 Å². The Bertz CT molecular complexity index is 1440. The van der Waals surface area contributed by atoms with Gasteiger partial charge in [-0.3, -0.25) is 9.36 Å². The maximum absolute atomic E-state index is 6.36. The van der Waals surface area contributed by atoms with Crippen LogP contribution in [0.25, 0.3) is 0 Å². The van der Waals surface area contributed by atoms with Crippen LogP contribution in [0.3, 0.4) is 0 Å². The van der Waals surface area contributed by atoms with E-state index in [1.807, 2.05) is 73.6 Å². The molecule has 2 aromatic carbocycles. The second-order valence-electron chi connectivity index (χ2n) is 8.59. The van der Waals surface area contributed by atoms with Crippen LogP contribution in [-0.4, -0.2) is 37.9 Å². The highest BCUT2D eigenvalue weighted by Gasteiger charge is 2.15. The molecule has 0 spiro atoms. The fourth-order valence-corrected chi connectivity index (χ4v) is 4.70. The molecule has 0 aliphatic carbocycles. The van der Waals surface area contributed by atoms with Crippen molar-refractivity contribution >= 4 is 51.9 Å². The predicted octanol–water partition coefficient (Wildman–Crippen LogP) is 6.71. The molecule has 2 N–H and O–H groups in total. The van der Waals surface area contributed by atoms with Crippen LogP contribution in [0.2, 0.25) is 10.0 Å². The number of thiocarbonyl (C=S) groups is 1. The van der Waals surface area contributed by atoms with Crippen molar-refractivity contribution in [3.05, 3.63) is 81.4 Å². The number of nitrogens with zero attached hydrogens (tertiary/aromatic N) is 4. The Balaban J connectivity index is 1.39. The van der Waals surface area contributed by atoms with Gasteiger partial charge in [-0.1, -0.05) is 35.3 Å². The fraction of sp³-hybridized carbons (Fsp3) is 0.296. The van der Waals surface area contributed by atoms with Crippen molar-refractivity contribution in [2.45, 2.75) is 40.8 Å². The van der Waals surface area contributed by atoms with Crippen LogP contribution in [0, 0.1) is 13.8 Å². The van der Waals surface area contributed by atoms with Crippen molar-refractivity contribution in [1.29, 1.82) is 0 Å². The standard InChI is InChI=1S/C27H30Cl2N6O2S/c1-5-36-24-10-7-19(11-25(24)37-6-2)14-34-16-22(13-30-34)31-27(38)32-26-17(3)33-35(18(26)4)15-20-8-9-21(28)12-23(20)29/h7-13,16H,5-6,14-15H2,1-4H3,(H2,31,32,38). The van der Waals surface area contributed by atoms with Crippen molar-refractivity contribution < 1.29 is 9.47 Å². The zero-order chi connectivity index (χ0) is 27.2. The smallest absolute Gasteiger partial charge is 0.175 e. The van der Waals surface area contributed by atoms with Crippen molar-refractivity contribution in [2.75, 3.05) is 23.8 Å². The summed E-state index contributed by atoms with van der Waals surface area (Å²) in [6.45, 7) is 10.1. The molecule has 4 aromatic rings. The first kappa shape index (κ1) is 27.8. The molecular formula is C27H30Cl2N6O2S. The molecule has 0 fully saturated rings. The third kappa shape index (κ3) is 6.78. The summed E-state index contributed by atoms with van der Waals surface area (Å²) < 4.78 is 15.1. The molecule has 200 valence electrons. The van der Waals surface area contributed by atoms with Gasteiger partial charge in [0.05, 0.1) is 55.3 Å². The second-order valence-corrected chi connectivity index (χ2v) is 9.84. The third-order valence-electron chi connectivity index (χ3n) is 5.80. The highest BCUT2D eigenvalue weighted by atomic mass is 35.5. The lowest BCUT2D eigenvalue weighted by Crippen LogP contribution is -2.19. The van der Waals surface area contributed by atoms with Crippen LogP contribution < -0.4 is 20.1 Å². The van der Waals surface area contributed by atoms with E-state index in [1.54, 1.807) is 12.3 Å². The molecule has 2 heterocycles. The molecule has 0 saturated heterocycles. The number of nitrogens with one attached hydrogen (secondary N) is 2. The van der Waals surface area contributed by atoms with E-state index in [0.29, 0.717) is 41.5 Å². The van der Waals surface area contributed by atoms with Crippen molar-refractivity contribution in [1.82, 2.24) is 19.6 Å². The lowest BCUT2D eigenvalue weighted by Gasteiger charge is -2.12. The summed E-state index contributed by atoms with van der Waals surface area (Å²) in [5.74, 6) is 1.47. The number of hydrogen-bond donors (Lipinski definition) is 2.